The maximum absolute atomic E-state index is 14.4. The van der Waals surface area contributed by atoms with Gasteiger partial charge in [-0.05, 0) is 29.7 Å². The molecular formula is C23H25F2N3O5. The molecule has 0 bridgehead atoms. The topological polar surface area (TPSA) is 112 Å². The second-order valence-electron chi connectivity index (χ2n) is 8.41. The first-order valence-electron chi connectivity index (χ1n) is 10.2. The van der Waals surface area contributed by atoms with E-state index in [9.17, 15) is 28.3 Å². The molecule has 1 atom stereocenters. The fourth-order valence-electron chi connectivity index (χ4n) is 3.26. The molecule has 0 fully saturated rings. The molecule has 10 heteroatoms. The van der Waals surface area contributed by atoms with E-state index in [0.717, 1.165) is 0 Å². The van der Waals surface area contributed by atoms with Crippen LogP contribution in [-0.4, -0.2) is 35.9 Å². The fraction of sp³-hybridized carbons (Fsp3) is 0.348. The molecule has 0 unspecified atom stereocenters. The van der Waals surface area contributed by atoms with Crippen LogP contribution in [0.1, 0.15) is 54.4 Å². The summed E-state index contributed by atoms with van der Waals surface area (Å²) in [6, 6.07) is 4.00. The van der Waals surface area contributed by atoms with Crippen molar-refractivity contribution in [1.29, 1.82) is 0 Å². The molecule has 3 rings (SSSR count). The number of phenolic OH excluding ortho intramolecular Hbond substituents is 1. The van der Waals surface area contributed by atoms with Gasteiger partial charge in [0.1, 0.15) is 23.2 Å². The van der Waals surface area contributed by atoms with E-state index in [-0.39, 0.29) is 34.3 Å². The summed E-state index contributed by atoms with van der Waals surface area (Å²) in [5.41, 5.74) is -1.95. The molecule has 33 heavy (non-hydrogen) atoms. The number of rotatable bonds is 8. The zero-order chi connectivity index (χ0) is 24.7. The van der Waals surface area contributed by atoms with Gasteiger partial charge in [0.05, 0.1) is 17.5 Å². The number of halogens is 2. The van der Waals surface area contributed by atoms with Crippen molar-refractivity contribution in [2.45, 2.75) is 38.7 Å². The van der Waals surface area contributed by atoms with E-state index < -0.39 is 34.5 Å². The number of amides is 1. The SMILES string of the molecule is CC(C)c1coc([C@H](Nc2c(Nc3cccc(C(=O)N(C)C)c3O)c(=O)c2=O)C(C)(F)F)c1. The average molecular weight is 461 g/mol. The van der Waals surface area contributed by atoms with Crippen molar-refractivity contribution < 1.29 is 23.1 Å². The molecule has 3 aromatic rings. The van der Waals surface area contributed by atoms with Gasteiger partial charge in [0.2, 0.25) is 0 Å². The number of anilines is 3. The van der Waals surface area contributed by atoms with E-state index in [1.165, 1.54) is 49.5 Å². The molecule has 0 saturated heterocycles. The van der Waals surface area contributed by atoms with Gasteiger partial charge in [0, 0.05) is 21.0 Å². The van der Waals surface area contributed by atoms with Gasteiger partial charge in [-0.2, -0.15) is 0 Å². The highest BCUT2D eigenvalue weighted by molar-refractivity contribution is 5.99. The minimum absolute atomic E-state index is 0.0299. The first-order valence-corrected chi connectivity index (χ1v) is 10.2. The van der Waals surface area contributed by atoms with Crippen LogP contribution in [0.2, 0.25) is 0 Å². The second kappa shape index (κ2) is 8.68. The Morgan fingerprint density at radius 3 is 2.33 bits per heavy atom. The monoisotopic (exact) mass is 461 g/mol. The molecule has 1 amide bonds. The summed E-state index contributed by atoms with van der Waals surface area (Å²) in [6.45, 7) is 4.42. The Hall–Kier alpha value is -3.69. The predicted octanol–water partition coefficient (Wildman–Crippen LogP) is 3.96. The lowest BCUT2D eigenvalue weighted by atomic mass is 10.0. The van der Waals surface area contributed by atoms with E-state index >= 15 is 0 Å². The summed E-state index contributed by atoms with van der Waals surface area (Å²) in [6.07, 6.45) is 1.37. The number of carbonyl (C=O) groups is 1. The number of hydrogen-bond donors (Lipinski definition) is 3. The van der Waals surface area contributed by atoms with Gasteiger partial charge in [-0.1, -0.05) is 19.9 Å². The number of carbonyl (C=O) groups excluding carboxylic acids is 1. The number of benzene rings is 1. The normalized spacial score (nSPS) is 12.7. The summed E-state index contributed by atoms with van der Waals surface area (Å²) in [5, 5.41) is 15.5. The van der Waals surface area contributed by atoms with Crippen LogP contribution in [0.3, 0.4) is 0 Å². The van der Waals surface area contributed by atoms with Crippen molar-refractivity contribution in [3.05, 3.63) is 67.9 Å². The van der Waals surface area contributed by atoms with Crippen LogP contribution in [0, 0.1) is 0 Å². The van der Waals surface area contributed by atoms with Crippen LogP contribution in [0.5, 0.6) is 5.75 Å². The Balaban J connectivity index is 1.96. The Kier molecular flexibility index (Phi) is 6.31. The highest BCUT2D eigenvalue weighted by atomic mass is 19.3. The maximum Gasteiger partial charge on any atom is 0.272 e. The van der Waals surface area contributed by atoms with Gasteiger partial charge < -0.3 is 25.1 Å². The Labute approximate surface area is 188 Å². The number of furan rings is 1. The number of nitrogens with one attached hydrogen (secondary N) is 2. The molecule has 8 nitrogen and oxygen atoms in total. The summed E-state index contributed by atoms with van der Waals surface area (Å²) in [4.78, 5) is 37.9. The number of phenols is 1. The van der Waals surface area contributed by atoms with Crippen molar-refractivity contribution in [1.82, 2.24) is 4.90 Å². The third kappa shape index (κ3) is 4.59. The zero-order valence-corrected chi connectivity index (χ0v) is 18.8. The molecule has 1 heterocycles. The lowest BCUT2D eigenvalue weighted by molar-refractivity contribution is -0.00524. The van der Waals surface area contributed by atoms with Crippen molar-refractivity contribution >= 4 is 23.0 Å². The lowest BCUT2D eigenvalue weighted by Gasteiger charge is -2.26. The summed E-state index contributed by atoms with van der Waals surface area (Å²) in [5.74, 6) is -4.32. The van der Waals surface area contributed by atoms with E-state index in [0.29, 0.717) is 12.5 Å². The van der Waals surface area contributed by atoms with Gasteiger partial charge in [-0.25, -0.2) is 8.78 Å². The van der Waals surface area contributed by atoms with Crippen molar-refractivity contribution in [2.24, 2.45) is 0 Å². The van der Waals surface area contributed by atoms with Crippen molar-refractivity contribution in [3.8, 4) is 5.75 Å². The van der Waals surface area contributed by atoms with E-state index in [4.69, 9.17) is 4.42 Å². The largest absolute Gasteiger partial charge is 0.505 e. The molecule has 0 spiro atoms. The highest BCUT2D eigenvalue weighted by Gasteiger charge is 2.40. The van der Waals surface area contributed by atoms with Gasteiger partial charge in [-0.15, -0.1) is 0 Å². The Bertz CT molecular complexity index is 1250. The molecule has 0 saturated carbocycles. The molecular weight excluding hydrogens is 436 g/mol. The van der Waals surface area contributed by atoms with Crippen LogP contribution < -0.4 is 21.5 Å². The minimum atomic E-state index is -3.34. The molecule has 0 aliphatic carbocycles. The molecule has 0 aliphatic heterocycles. The molecule has 3 N–H and O–H groups in total. The number of para-hydroxylation sites is 1. The lowest BCUT2D eigenvalue weighted by Crippen LogP contribution is -2.40. The maximum atomic E-state index is 14.4. The third-order valence-electron chi connectivity index (χ3n) is 5.23. The standard InChI is InChI=1S/C23H25F2N3O5/c1-11(2)12-9-15(33-10-12)21(23(3,24)25)27-17-16(19(30)20(17)31)26-14-8-6-7-13(18(14)29)22(32)28(4)5/h6-11,21,26-27,29H,1-5H3/t21-/m0/s1. The smallest absolute Gasteiger partial charge is 0.272 e. The summed E-state index contributed by atoms with van der Waals surface area (Å²) in [7, 11) is 3.01. The zero-order valence-electron chi connectivity index (χ0n) is 18.8. The van der Waals surface area contributed by atoms with Gasteiger partial charge in [0.15, 0.2) is 5.75 Å². The van der Waals surface area contributed by atoms with Gasteiger partial charge >= 0.3 is 0 Å². The second-order valence-corrected chi connectivity index (χ2v) is 8.41. The first kappa shape index (κ1) is 24.0. The number of nitrogens with zero attached hydrogens (tertiary/aromatic N) is 1. The van der Waals surface area contributed by atoms with Crippen LogP contribution in [0.15, 0.2) is 44.5 Å². The van der Waals surface area contributed by atoms with Gasteiger partial charge in [-0.3, -0.25) is 14.4 Å². The van der Waals surface area contributed by atoms with E-state index in [1.807, 2.05) is 13.8 Å². The summed E-state index contributed by atoms with van der Waals surface area (Å²) < 4.78 is 34.2. The van der Waals surface area contributed by atoms with Gasteiger partial charge in [0.25, 0.3) is 22.7 Å². The van der Waals surface area contributed by atoms with Crippen molar-refractivity contribution in [3.63, 3.8) is 0 Å². The average Bonchev–Trinajstić information content (AvgIpc) is 3.22. The third-order valence-corrected chi connectivity index (χ3v) is 5.23. The minimum Gasteiger partial charge on any atom is -0.505 e. The highest BCUT2D eigenvalue weighted by Crippen LogP contribution is 2.38. The van der Waals surface area contributed by atoms with Crippen LogP contribution >= 0.6 is 0 Å². The van der Waals surface area contributed by atoms with Crippen LogP contribution in [0.25, 0.3) is 0 Å². The number of aromatic hydroxyl groups is 1. The predicted molar refractivity (Wildman–Crippen MR) is 121 cm³/mol. The Morgan fingerprint density at radius 1 is 1.15 bits per heavy atom. The number of hydrogen-bond acceptors (Lipinski definition) is 7. The Morgan fingerprint density at radius 2 is 1.79 bits per heavy atom. The quantitative estimate of drug-likeness (QED) is 0.344. The molecule has 2 aromatic carbocycles. The van der Waals surface area contributed by atoms with Crippen molar-refractivity contribution in [2.75, 3.05) is 24.7 Å². The molecule has 176 valence electrons. The van der Waals surface area contributed by atoms with Crippen LogP contribution in [-0.2, 0) is 0 Å². The van der Waals surface area contributed by atoms with E-state index in [2.05, 4.69) is 10.6 Å². The molecule has 0 radical (unpaired) electrons. The fourth-order valence-corrected chi connectivity index (χ4v) is 3.26. The summed E-state index contributed by atoms with van der Waals surface area (Å²) >= 11 is 0. The van der Waals surface area contributed by atoms with E-state index in [1.54, 1.807) is 0 Å². The van der Waals surface area contributed by atoms with Crippen LogP contribution in [0.4, 0.5) is 25.8 Å². The first-order chi connectivity index (χ1) is 15.3. The molecule has 0 aliphatic rings. The molecule has 1 aromatic heterocycles. The number of alkyl halides is 2.